The van der Waals surface area contributed by atoms with Crippen LogP contribution in [-0.2, 0) is 0 Å². The number of hydrogen-bond donors (Lipinski definition) is 1. The summed E-state index contributed by atoms with van der Waals surface area (Å²) in [5.74, 6) is 1.87. The van der Waals surface area contributed by atoms with Gasteiger partial charge in [-0.2, -0.15) is 9.50 Å². The third-order valence-electron chi connectivity index (χ3n) is 5.14. The van der Waals surface area contributed by atoms with Gasteiger partial charge in [0.2, 0.25) is 5.95 Å². The number of anilines is 1. The molecule has 7 nitrogen and oxygen atoms in total. The molecule has 0 amide bonds. The van der Waals surface area contributed by atoms with E-state index >= 15 is 0 Å². The first kappa shape index (κ1) is 15.7. The fourth-order valence-corrected chi connectivity index (χ4v) is 4.10. The Kier molecular flexibility index (Phi) is 3.48. The highest BCUT2D eigenvalue weighted by Crippen LogP contribution is 2.37. The molecule has 2 aliphatic rings. The smallest absolute Gasteiger partial charge is 0.235 e. The van der Waals surface area contributed by atoms with E-state index in [0.29, 0.717) is 28.5 Å². The van der Waals surface area contributed by atoms with Crippen molar-refractivity contribution >= 4 is 34.2 Å². The van der Waals surface area contributed by atoms with Crippen molar-refractivity contribution in [1.29, 1.82) is 0 Å². The molecule has 26 heavy (non-hydrogen) atoms. The Hall–Kier alpha value is -2.51. The van der Waals surface area contributed by atoms with Gasteiger partial charge in [-0.05, 0) is 32.5 Å². The van der Waals surface area contributed by atoms with Crippen LogP contribution in [-0.4, -0.2) is 44.2 Å². The number of halogens is 1. The zero-order chi connectivity index (χ0) is 17.8. The molecular weight excluding hydrogens is 350 g/mol. The molecule has 2 atom stereocenters. The second-order valence-corrected chi connectivity index (χ2v) is 7.14. The van der Waals surface area contributed by atoms with E-state index in [4.69, 9.17) is 16.6 Å². The number of likely N-dealkylation sites (N-methyl/N-ethyl adjacent to an activating group) is 1. The molecule has 2 unspecified atom stereocenters. The summed E-state index contributed by atoms with van der Waals surface area (Å²) in [6.07, 6.45) is 9.14. The van der Waals surface area contributed by atoms with Crippen LogP contribution in [0.1, 0.15) is 12.2 Å². The van der Waals surface area contributed by atoms with Gasteiger partial charge < -0.3 is 10.2 Å². The number of allylic oxidation sites excluding steroid dienone is 3. The highest BCUT2D eigenvalue weighted by atomic mass is 35.5. The molecule has 3 aromatic rings. The minimum absolute atomic E-state index is 0.363. The monoisotopic (exact) mass is 367 g/mol. The van der Waals surface area contributed by atoms with Crippen molar-refractivity contribution in [3.05, 3.63) is 47.0 Å². The molecule has 0 aromatic carbocycles. The summed E-state index contributed by atoms with van der Waals surface area (Å²) in [7, 11) is 2.01. The second-order valence-electron chi connectivity index (χ2n) is 6.70. The molecule has 1 aliphatic heterocycles. The van der Waals surface area contributed by atoms with Gasteiger partial charge in [-0.25, -0.2) is 9.97 Å². The number of fused-ring (bicyclic) bond motifs is 4. The van der Waals surface area contributed by atoms with Crippen molar-refractivity contribution < 1.29 is 0 Å². The molecule has 0 radical (unpaired) electrons. The Labute approximate surface area is 155 Å². The number of rotatable bonds is 2. The number of aryl methyl sites for hydroxylation is 1. The standard InChI is InChI=1S/C18H18ClN7/c1-10-22-17-13-7-11(19)8-21-16(13)23-18(26(17)24-10)25-9-14(20-2)12-5-3-4-6-15(12)25/h3-4,6-8,12,14,20H,5,9H2,1-2H3. The fraction of sp³-hybridized carbons (Fsp3) is 0.333. The SMILES string of the molecule is CNC1CN(c2nc3ncc(Cl)cc3c3nc(C)nn23)C2=CC=CCC21. The van der Waals surface area contributed by atoms with Crippen LogP contribution in [0.5, 0.6) is 0 Å². The summed E-state index contributed by atoms with van der Waals surface area (Å²) in [5.41, 5.74) is 2.61. The topological polar surface area (TPSA) is 71.2 Å². The second kappa shape index (κ2) is 5.75. The van der Waals surface area contributed by atoms with Crippen molar-refractivity contribution in [2.45, 2.75) is 19.4 Å². The fourth-order valence-electron chi connectivity index (χ4n) is 3.95. The quantitative estimate of drug-likeness (QED) is 0.750. The van der Waals surface area contributed by atoms with Crippen molar-refractivity contribution in [2.75, 3.05) is 18.5 Å². The van der Waals surface area contributed by atoms with Gasteiger partial charge in [0.05, 0.1) is 10.4 Å². The molecular formula is C18H18ClN7. The lowest BCUT2D eigenvalue weighted by Crippen LogP contribution is -2.33. The van der Waals surface area contributed by atoms with Gasteiger partial charge in [-0.1, -0.05) is 23.8 Å². The highest BCUT2D eigenvalue weighted by molar-refractivity contribution is 6.31. The summed E-state index contributed by atoms with van der Waals surface area (Å²) in [6, 6.07) is 2.21. The van der Waals surface area contributed by atoms with E-state index in [1.54, 1.807) is 6.20 Å². The lowest BCUT2D eigenvalue weighted by atomic mass is 9.93. The Bertz CT molecular complexity index is 1080. The van der Waals surface area contributed by atoms with Gasteiger partial charge in [-0.15, -0.1) is 5.10 Å². The Morgan fingerprint density at radius 1 is 1.31 bits per heavy atom. The van der Waals surface area contributed by atoms with Crippen molar-refractivity contribution in [1.82, 2.24) is 29.9 Å². The lowest BCUT2D eigenvalue weighted by Gasteiger charge is -2.22. The van der Waals surface area contributed by atoms with Gasteiger partial charge >= 0.3 is 0 Å². The molecule has 1 fully saturated rings. The van der Waals surface area contributed by atoms with Crippen LogP contribution < -0.4 is 10.2 Å². The zero-order valence-electron chi connectivity index (χ0n) is 14.5. The Morgan fingerprint density at radius 2 is 2.19 bits per heavy atom. The summed E-state index contributed by atoms with van der Waals surface area (Å²) in [4.78, 5) is 16.1. The van der Waals surface area contributed by atoms with Crippen LogP contribution in [0.2, 0.25) is 5.02 Å². The van der Waals surface area contributed by atoms with E-state index in [1.165, 1.54) is 5.70 Å². The van der Waals surface area contributed by atoms with Crippen LogP contribution >= 0.6 is 11.6 Å². The number of aromatic nitrogens is 5. The molecule has 132 valence electrons. The van der Waals surface area contributed by atoms with E-state index in [0.717, 1.165) is 29.9 Å². The number of hydrogen-bond acceptors (Lipinski definition) is 6. The van der Waals surface area contributed by atoms with Crippen LogP contribution in [0.15, 0.2) is 36.2 Å². The maximum Gasteiger partial charge on any atom is 0.235 e. The minimum atomic E-state index is 0.363. The summed E-state index contributed by atoms with van der Waals surface area (Å²) >= 11 is 6.14. The van der Waals surface area contributed by atoms with Crippen LogP contribution in [0.3, 0.4) is 0 Å². The van der Waals surface area contributed by atoms with Crippen molar-refractivity contribution in [3.63, 3.8) is 0 Å². The van der Waals surface area contributed by atoms with Crippen LogP contribution in [0.25, 0.3) is 16.7 Å². The lowest BCUT2D eigenvalue weighted by molar-refractivity contribution is 0.481. The van der Waals surface area contributed by atoms with Gasteiger partial charge in [0.1, 0.15) is 5.82 Å². The van der Waals surface area contributed by atoms with Crippen molar-refractivity contribution in [3.8, 4) is 0 Å². The Morgan fingerprint density at radius 3 is 3.04 bits per heavy atom. The highest BCUT2D eigenvalue weighted by Gasteiger charge is 2.38. The van der Waals surface area contributed by atoms with E-state index in [2.05, 4.69) is 43.5 Å². The van der Waals surface area contributed by atoms with Gasteiger partial charge in [0.25, 0.3) is 0 Å². The maximum atomic E-state index is 6.14. The minimum Gasteiger partial charge on any atom is -0.315 e. The van der Waals surface area contributed by atoms with E-state index < -0.39 is 0 Å². The molecule has 1 aliphatic carbocycles. The van der Waals surface area contributed by atoms with E-state index in [1.807, 2.05) is 24.6 Å². The van der Waals surface area contributed by atoms with Crippen LogP contribution in [0.4, 0.5) is 5.95 Å². The molecule has 5 rings (SSSR count). The maximum absolute atomic E-state index is 6.14. The largest absolute Gasteiger partial charge is 0.315 e. The number of nitrogens with one attached hydrogen (secondary N) is 1. The van der Waals surface area contributed by atoms with E-state index in [-0.39, 0.29) is 0 Å². The predicted octanol–water partition coefficient (Wildman–Crippen LogP) is 2.50. The molecule has 0 bridgehead atoms. The molecule has 4 heterocycles. The molecule has 3 aromatic heterocycles. The molecule has 1 N–H and O–H groups in total. The van der Waals surface area contributed by atoms with Gasteiger partial charge in [0, 0.05) is 30.4 Å². The average molecular weight is 368 g/mol. The first-order valence-electron chi connectivity index (χ1n) is 8.66. The van der Waals surface area contributed by atoms with E-state index in [9.17, 15) is 0 Å². The van der Waals surface area contributed by atoms with Gasteiger partial charge in [-0.3, -0.25) is 0 Å². The number of pyridine rings is 1. The summed E-state index contributed by atoms with van der Waals surface area (Å²) < 4.78 is 1.81. The molecule has 0 spiro atoms. The molecule has 1 saturated heterocycles. The summed E-state index contributed by atoms with van der Waals surface area (Å²) in [6.45, 7) is 2.71. The summed E-state index contributed by atoms with van der Waals surface area (Å²) in [5, 5.41) is 9.40. The third kappa shape index (κ3) is 2.24. The van der Waals surface area contributed by atoms with Crippen LogP contribution in [0, 0.1) is 12.8 Å². The van der Waals surface area contributed by atoms with Crippen molar-refractivity contribution in [2.24, 2.45) is 5.92 Å². The van der Waals surface area contributed by atoms with Gasteiger partial charge in [0.15, 0.2) is 11.3 Å². The molecule has 8 heteroatoms. The zero-order valence-corrected chi connectivity index (χ0v) is 15.3. The average Bonchev–Trinajstić information content (AvgIpc) is 3.22. The first-order chi connectivity index (χ1) is 12.7. The predicted molar refractivity (Wildman–Crippen MR) is 101 cm³/mol. The third-order valence-corrected chi connectivity index (χ3v) is 5.35. The molecule has 0 saturated carbocycles. The normalized spacial score (nSPS) is 22.3. The first-order valence-corrected chi connectivity index (χ1v) is 9.03. The Balaban J connectivity index is 1.77. The number of nitrogens with zero attached hydrogens (tertiary/aromatic N) is 6.